The predicted octanol–water partition coefficient (Wildman–Crippen LogP) is 5.13. The molecule has 1 saturated heterocycles. The van der Waals surface area contributed by atoms with Gasteiger partial charge < -0.3 is 15.0 Å². The van der Waals surface area contributed by atoms with Gasteiger partial charge in [0.2, 0.25) is 0 Å². The van der Waals surface area contributed by atoms with Crippen LogP contribution in [0.15, 0.2) is 46.9 Å². The Labute approximate surface area is 178 Å². The molecule has 7 heteroatoms. The van der Waals surface area contributed by atoms with Crippen molar-refractivity contribution in [2.45, 2.75) is 32.3 Å². The first kappa shape index (κ1) is 20.7. The molecule has 0 radical (unpaired) electrons. The van der Waals surface area contributed by atoms with Crippen LogP contribution in [0.25, 0.3) is 0 Å². The molecule has 1 N–H and O–H groups in total. The molecule has 2 amide bonds. The lowest BCUT2D eigenvalue weighted by molar-refractivity contribution is -0.122. The second-order valence-corrected chi connectivity index (χ2v) is 8.05. The molecule has 0 spiro atoms. The Morgan fingerprint density at radius 3 is 2.61 bits per heavy atom. The van der Waals surface area contributed by atoms with Crippen molar-refractivity contribution in [3.63, 3.8) is 0 Å². The highest BCUT2D eigenvalue weighted by atomic mass is 79.9. The van der Waals surface area contributed by atoms with Gasteiger partial charge in [-0.05, 0) is 78.5 Å². The summed E-state index contributed by atoms with van der Waals surface area (Å²) in [6.45, 7) is 3.24. The number of anilines is 1. The molecular weight excluding hydrogens is 444 g/mol. The van der Waals surface area contributed by atoms with E-state index in [9.17, 15) is 9.59 Å². The molecule has 1 aliphatic rings. The van der Waals surface area contributed by atoms with Crippen molar-refractivity contribution in [1.29, 1.82) is 0 Å². The lowest BCUT2D eigenvalue weighted by Gasteiger charge is -2.26. The summed E-state index contributed by atoms with van der Waals surface area (Å²) in [5, 5.41) is 3.39. The van der Waals surface area contributed by atoms with Crippen molar-refractivity contribution in [2.24, 2.45) is 0 Å². The number of nitrogens with zero attached hydrogens (tertiary/aromatic N) is 1. The summed E-state index contributed by atoms with van der Waals surface area (Å²) in [4.78, 5) is 27.0. The third kappa shape index (κ3) is 5.26. The Kier molecular flexibility index (Phi) is 6.97. The number of nitrogens with one attached hydrogen (secondary N) is 1. The zero-order chi connectivity index (χ0) is 20.1. The molecule has 1 aliphatic heterocycles. The van der Waals surface area contributed by atoms with E-state index in [-0.39, 0.29) is 11.8 Å². The number of amides is 2. The summed E-state index contributed by atoms with van der Waals surface area (Å²) in [6.07, 6.45) is 2.52. The van der Waals surface area contributed by atoms with Gasteiger partial charge in [-0.1, -0.05) is 17.7 Å². The van der Waals surface area contributed by atoms with Crippen molar-refractivity contribution >= 4 is 45.0 Å². The molecule has 5 nitrogen and oxygen atoms in total. The third-order valence-electron chi connectivity index (χ3n) is 4.59. The Balaban J connectivity index is 1.64. The van der Waals surface area contributed by atoms with Crippen molar-refractivity contribution < 1.29 is 14.3 Å². The SMILES string of the molecule is CC(Oc1ccc(Cl)cc1Br)C(=O)Nc1cccc(C(=O)N2CCCCC2)c1. The van der Waals surface area contributed by atoms with E-state index in [4.69, 9.17) is 16.3 Å². The van der Waals surface area contributed by atoms with Crippen LogP contribution in [0.5, 0.6) is 5.75 Å². The van der Waals surface area contributed by atoms with Gasteiger partial charge in [-0.15, -0.1) is 0 Å². The number of benzene rings is 2. The van der Waals surface area contributed by atoms with Gasteiger partial charge in [0.25, 0.3) is 11.8 Å². The Bertz CT molecular complexity index is 868. The summed E-state index contributed by atoms with van der Waals surface area (Å²) in [6, 6.07) is 12.1. The molecule has 148 valence electrons. The first-order chi connectivity index (χ1) is 13.4. The van der Waals surface area contributed by atoms with Gasteiger partial charge in [0.15, 0.2) is 6.10 Å². The van der Waals surface area contributed by atoms with Crippen LogP contribution >= 0.6 is 27.5 Å². The number of hydrogen-bond donors (Lipinski definition) is 1. The molecule has 0 aromatic heterocycles. The number of hydrogen-bond acceptors (Lipinski definition) is 3. The number of piperidine rings is 1. The Morgan fingerprint density at radius 1 is 1.14 bits per heavy atom. The number of ether oxygens (including phenoxy) is 1. The molecular formula is C21H22BrClN2O3. The fourth-order valence-corrected chi connectivity index (χ4v) is 3.84. The largest absolute Gasteiger partial charge is 0.480 e. The summed E-state index contributed by atoms with van der Waals surface area (Å²) in [7, 11) is 0. The molecule has 1 heterocycles. The van der Waals surface area contributed by atoms with Gasteiger partial charge in [0, 0.05) is 29.4 Å². The number of carbonyl (C=O) groups is 2. The average molecular weight is 466 g/mol. The molecule has 0 bridgehead atoms. The van der Waals surface area contributed by atoms with Gasteiger partial charge >= 0.3 is 0 Å². The van der Waals surface area contributed by atoms with Gasteiger partial charge in [0.05, 0.1) is 4.47 Å². The smallest absolute Gasteiger partial charge is 0.265 e. The maximum Gasteiger partial charge on any atom is 0.265 e. The number of rotatable bonds is 5. The second kappa shape index (κ2) is 9.43. The minimum Gasteiger partial charge on any atom is -0.480 e. The van der Waals surface area contributed by atoms with Gasteiger partial charge in [0.1, 0.15) is 5.75 Å². The zero-order valence-electron chi connectivity index (χ0n) is 15.6. The molecule has 0 saturated carbocycles. The van der Waals surface area contributed by atoms with E-state index in [0.717, 1.165) is 25.9 Å². The van der Waals surface area contributed by atoms with Crippen molar-refractivity contribution in [3.05, 3.63) is 57.5 Å². The highest BCUT2D eigenvalue weighted by molar-refractivity contribution is 9.10. The first-order valence-corrected chi connectivity index (χ1v) is 10.4. The number of carbonyl (C=O) groups excluding carboxylic acids is 2. The molecule has 2 aromatic rings. The standard InChI is InChI=1S/C21H22BrClN2O3/c1-14(28-19-9-8-16(23)13-18(19)22)20(26)24-17-7-5-6-15(12-17)21(27)25-10-3-2-4-11-25/h5-9,12-14H,2-4,10-11H2,1H3,(H,24,26). The summed E-state index contributed by atoms with van der Waals surface area (Å²) < 4.78 is 6.39. The van der Waals surface area contributed by atoms with Crippen LogP contribution < -0.4 is 10.1 Å². The Hall–Kier alpha value is -2.05. The predicted molar refractivity (Wildman–Crippen MR) is 114 cm³/mol. The average Bonchev–Trinajstić information content (AvgIpc) is 2.70. The van der Waals surface area contributed by atoms with Crippen molar-refractivity contribution in [2.75, 3.05) is 18.4 Å². The van der Waals surface area contributed by atoms with E-state index in [0.29, 0.717) is 26.5 Å². The molecule has 1 unspecified atom stereocenters. The van der Waals surface area contributed by atoms with E-state index >= 15 is 0 Å². The summed E-state index contributed by atoms with van der Waals surface area (Å²) >= 11 is 9.30. The maximum absolute atomic E-state index is 12.7. The van der Waals surface area contributed by atoms with E-state index in [1.165, 1.54) is 6.42 Å². The normalized spacial score (nSPS) is 15.0. The molecule has 0 aliphatic carbocycles. The quantitative estimate of drug-likeness (QED) is 0.665. The summed E-state index contributed by atoms with van der Waals surface area (Å²) in [5.74, 6) is 0.232. The second-order valence-electron chi connectivity index (χ2n) is 6.76. The van der Waals surface area contributed by atoms with Gasteiger partial charge in [-0.25, -0.2) is 0 Å². The van der Waals surface area contributed by atoms with Crippen LogP contribution in [-0.4, -0.2) is 35.9 Å². The maximum atomic E-state index is 12.7. The van der Waals surface area contributed by atoms with E-state index in [1.807, 2.05) is 4.90 Å². The van der Waals surface area contributed by atoms with Gasteiger partial charge in [-0.3, -0.25) is 9.59 Å². The van der Waals surface area contributed by atoms with Crippen LogP contribution in [0.4, 0.5) is 5.69 Å². The minimum absolute atomic E-state index is 0.00481. The highest BCUT2D eigenvalue weighted by Crippen LogP contribution is 2.29. The molecule has 3 rings (SSSR count). The third-order valence-corrected chi connectivity index (χ3v) is 5.44. The topological polar surface area (TPSA) is 58.6 Å². The first-order valence-electron chi connectivity index (χ1n) is 9.26. The monoisotopic (exact) mass is 464 g/mol. The van der Waals surface area contributed by atoms with E-state index in [1.54, 1.807) is 49.4 Å². The van der Waals surface area contributed by atoms with Crippen molar-refractivity contribution in [1.82, 2.24) is 4.90 Å². The molecule has 28 heavy (non-hydrogen) atoms. The minimum atomic E-state index is -0.723. The molecule has 1 fully saturated rings. The van der Waals surface area contributed by atoms with Crippen LogP contribution in [0.3, 0.4) is 0 Å². The van der Waals surface area contributed by atoms with Gasteiger partial charge in [-0.2, -0.15) is 0 Å². The fraction of sp³-hybridized carbons (Fsp3) is 0.333. The fourth-order valence-electron chi connectivity index (χ4n) is 3.07. The van der Waals surface area contributed by atoms with Crippen LogP contribution in [0, 0.1) is 0 Å². The van der Waals surface area contributed by atoms with Crippen LogP contribution in [0.2, 0.25) is 5.02 Å². The van der Waals surface area contributed by atoms with E-state index in [2.05, 4.69) is 21.2 Å². The lowest BCUT2D eigenvalue weighted by Crippen LogP contribution is -2.35. The highest BCUT2D eigenvalue weighted by Gasteiger charge is 2.20. The Morgan fingerprint density at radius 2 is 1.89 bits per heavy atom. The molecule has 2 aromatic carbocycles. The number of likely N-dealkylation sites (tertiary alicyclic amines) is 1. The zero-order valence-corrected chi connectivity index (χ0v) is 17.9. The number of halogens is 2. The molecule has 1 atom stereocenters. The van der Waals surface area contributed by atoms with E-state index < -0.39 is 6.10 Å². The summed E-state index contributed by atoms with van der Waals surface area (Å²) in [5.41, 5.74) is 1.15. The van der Waals surface area contributed by atoms with Crippen LogP contribution in [0.1, 0.15) is 36.5 Å². The van der Waals surface area contributed by atoms with Crippen molar-refractivity contribution in [3.8, 4) is 5.75 Å². The van der Waals surface area contributed by atoms with Crippen LogP contribution in [-0.2, 0) is 4.79 Å². The lowest BCUT2D eigenvalue weighted by atomic mass is 10.1.